The number of benzene rings is 1. The highest BCUT2D eigenvalue weighted by Gasteiger charge is 2.43. The quantitative estimate of drug-likeness (QED) is 0.922. The number of aromatic carboxylic acids is 1. The van der Waals surface area contributed by atoms with E-state index in [1.807, 2.05) is 12.1 Å². The van der Waals surface area contributed by atoms with E-state index >= 15 is 0 Å². The number of hydrogen-bond donors (Lipinski definition) is 1. The maximum Gasteiger partial charge on any atom is 0.335 e. The molecule has 2 saturated carbocycles. The van der Waals surface area contributed by atoms with Crippen LogP contribution in [0.2, 0.25) is 0 Å². The van der Waals surface area contributed by atoms with Crippen molar-refractivity contribution in [3.63, 3.8) is 0 Å². The van der Waals surface area contributed by atoms with Crippen LogP contribution in [-0.2, 0) is 11.2 Å². The topological polar surface area (TPSA) is 57.6 Å². The van der Waals surface area contributed by atoms with Crippen LogP contribution in [0.25, 0.3) is 0 Å². The average Bonchev–Trinajstić information content (AvgIpc) is 2.76. The van der Waals surface area contributed by atoms with E-state index in [1.54, 1.807) is 12.1 Å². The van der Waals surface area contributed by atoms with Crippen molar-refractivity contribution in [1.29, 1.82) is 0 Å². The third-order valence-corrected chi connectivity index (χ3v) is 6.28. The first kappa shape index (κ1) is 15.7. The molecule has 4 aliphatic rings. The fourth-order valence-corrected chi connectivity index (χ4v) is 5.42. The number of carboxylic acids is 1. The molecule has 2 unspecified atom stereocenters. The zero-order valence-corrected chi connectivity index (χ0v) is 14.0. The molecule has 4 fully saturated rings. The Hall–Kier alpha value is -1.84. The van der Waals surface area contributed by atoms with E-state index in [4.69, 9.17) is 0 Å². The Morgan fingerprint density at radius 1 is 1.00 bits per heavy atom. The molecule has 1 aromatic carbocycles. The Morgan fingerprint density at radius 2 is 1.67 bits per heavy atom. The minimum Gasteiger partial charge on any atom is -0.478 e. The number of fused-ring (bicyclic) bond motifs is 1. The summed E-state index contributed by atoms with van der Waals surface area (Å²) in [5.41, 5.74) is 1.08. The van der Waals surface area contributed by atoms with E-state index in [-0.39, 0.29) is 5.91 Å². The second-order valence-corrected chi connectivity index (χ2v) is 7.94. The van der Waals surface area contributed by atoms with Crippen LogP contribution in [0, 0.1) is 17.8 Å². The Bertz CT molecular complexity index is 642. The van der Waals surface area contributed by atoms with Gasteiger partial charge in [0.1, 0.15) is 0 Å². The predicted molar refractivity (Wildman–Crippen MR) is 90.8 cm³/mol. The van der Waals surface area contributed by atoms with Crippen LogP contribution in [-0.4, -0.2) is 34.5 Å². The fraction of sp³-hybridized carbons (Fsp3) is 0.600. The molecule has 0 aromatic heterocycles. The molecule has 24 heavy (non-hydrogen) atoms. The summed E-state index contributed by atoms with van der Waals surface area (Å²) >= 11 is 0. The van der Waals surface area contributed by atoms with Gasteiger partial charge in [0, 0.05) is 19.0 Å². The van der Waals surface area contributed by atoms with Gasteiger partial charge in [-0.2, -0.15) is 0 Å². The number of carbonyl (C=O) groups excluding carboxylic acids is 1. The molecule has 1 amide bonds. The minimum atomic E-state index is -0.913. The highest BCUT2D eigenvalue weighted by Crippen LogP contribution is 2.47. The lowest BCUT2D eigenvalue weighted by molar-refractivity contribution is -0.134. The summed E-state index contributed by atoms with van der Waals surface area (Å²) in [6.45, 7) is 0.928. The van der Waals surface area contributed by atoms with Crippen LogP contribution < -0.4 is 0 Å². The lowest BCUT2D eigenvalue weighted by Gasteiger charge is -2.39. The Kier molecular flexibility index (Phi) is 4.07. The van der Waals surface area contributed by atoms with Crippen molar-refractivity contribution in [1.82, 2.24) is 4.90 Å². The van der Waals surface area contributed by atoms with Crippen molar-refractivity contribution in [2.75, 3.05) is 6.54 Å². The van der Waals surface area contributed by atoms with Crippen LogP contribution in [0.4, 0.5) is 0 Å². The van der Waals surface area contributed by atoms with Crippen molar-refractivity contribution in [3.8, 4) is 0 Å². The molecule has 1 N–H and O–H groups in total. The zero-order chi connectivity index (χ0) is 16.7. The number of carboxylic acid groups (broad SMARTS) is 1. The summed E-state index contributed by atoms with van der Waals surface area (Å²) in [7, 11) is 0. The van der Waals surface area contributed by atoms with Crippen molar-refractivity contribution >= 4 is 11.9 Å². The largest absolute Gasteiger partial charge is 0.478 e. The van der Waals surface area contributed by atoms with Gasteiger partial charge in [0.25, 0.3) is 0 Å². The van der Waals surface area contributed by atoms with E-state index in [9.17, 15) is 14.7 Å². The molecule has 0 spiro atoms. The molecule has 0 radical (unpaired) electrons. The molecule has 4 heteroatoms. The van der Waals surface area contributed by atoms with Crippen molar-refractivity contribution in [2.24, 2.45) is 17.8 Å². The first-order chi connectivity index (χ1) is 11.6. The van der Waals surface area contributed by atoms with Gasteiger partial charge in [0.15, 0.2) is 0 Å². The second kappa shape index (κ2) is 6.23. The summed E-state index contributed by atoms with van der Waals surface area (Å²) < 4.78 is 0. The van der Waals surface area contributed by atoms with Gasteiger partial charge in [-0.25, -0.2) is 4.79 Å². The zero-order valence-electron chi connectivity index (χ0n) is 14.0. The molecule has 128 valence electrons. The second-order valence-electron chi connectivity index (χ2n) is 7.94. The van der Waals surface area contributed by atoms with Gasteiger partial charge in [-0.15, -0.1) is 0 Å². The fourth-order valence-electron chi connectivity index (χ4n) is 5.42. The summed E-state index contributed by atoms with van der Waals surface area (Å²) in [6, 6.07) is 7.46. The van der Waals surface area contributed by atoms with E-state index in [0.29, 0.717) is 30.4 Å². The highest BCUT2D eigenvalue weighted by atomic mass is 16.4. The third kappa shape index (κ3) is 2.94. The van der Waals surface area contributed by atoms with Gasteiger partial charge >= 0.3 is 5.97 Å². The number of amides is 1. The van der Waals surface area contributed by atoms with Crippen LogP contribution >= 0.6 is 0 Å². The van der Waals surface area contributed by atoms with Gasteiger partial charge in [-0.05, 0) is 67.9 Å². The molecule has 2 aliphatic carbocycles. The van der Waals surface area contributed by atoms with E-state index < -0.39 is 5.97 Å². The maximum absolute atomic E-state index is 12.8. The van der Waals surface area contributed by atoms with Crippen molar-refractivity contribution in [3.05, 3.63) is 35.4 Å². The van der Waals surface area contributed by atoms with E-state index in [1.165, 1.54) is 32.1 Å². The van der Waals surface area contributed by atoms with Crippen molar-refractivity contribution in [2.45, 2.75) is 51.0 Å². The number of hydrogen-bond acceptors (Lipinski definition) is 2. The number of rotatable bonds is 4. The third-order valence-electron chi connectivity index (χ3n) is 6.28. The molecule has 2 saturated heterocycles. The van der Waals surface area contributed by atoms with Gasteiger partial charge in [-0.3, -0.25) is 4.79 Å². The van der Waals surface area contributed by atoms with Gasteiger partial charge in [0.05, 0.1) is 5.56 Å². The van der Waals surface area contributed by atoms with Gasteiger partial charge in [-0.1, -0.05) is 18.2 Å². The normalized spacial score (nSPS) is 31.1. The average molecular weight is 327 g/mol. The SMILES string of the molecule is O=C(O)c1ccccc1CCC(=O)N1CC2CC3CC(C2)CC1C3. The molecule has 4 nitrogen and oxygen atoms in total. The van der Waals surface area contributed by atoms with Crippen LogP contribution in [0.15, 0.2) is 24.3 Å². The predicted octanol–water partition coefficient (Wildman–Crippen LogP) is 3.35. The Labute approximate surface area is 142 Å². The van der Waals surface area contributed by atoms with E-state index in [2.05, 4.69) is 4.90 Å². The number of carbonyl (C=O) groups is 2. The summed E-state index contributed by atoms with van der Waals surface area (Å²) in [6.07, 6.45) is 7.29. The molecular formula is C20H25NO3. The molecular weight excluding hydrogens is 302 g/mol. The summed E-state index contributed by atoms with van der Waals surface area (Å²) in [5, 5.41) is 9.28. The minimum absolute atomic E-state index is 0.216. The lowest BCUT2D eigenvalue weighted by atomic mass is 9.68. The standard InChI is InChI=1S/C20H25NO3/c22-19(6-5-16-3-1-2-4-18(16)20(23)24)21-12-15-8-13-7-14(9-15)11-17(21)10-13/h1-4,13-15,17H,5-12H2,(H,23,24). The number of aryl methyl sites for hydroxylation is 1. The summed E-state index contributed by atoms with van der Waals surface area (Å²) in [5.74, 6) is 1.66. The maximum atomic E-state index is 12.8. The first-order valence-electron chi connectivity index (χ1n) is 9.21. The molecule has 2 heterocycles. The molecule has 1 aromatic rings. The number of nitrogens with zero attached hydrogens (tertiary/aromatic N) is 1. The monoisotopic (exact) mass is 327 g/mol. The Balaban J connectivity index is 1.44. The summed E-state index contributed by atoms with van der Waals surface area (Å²) in [4.78, 5) is 26.3. The molecule has 2 atom stereocenters. The van der Waals surface area contributed by atoms with Crippen LogP contribution in [0.5, 0.6) is 0 Å². The van der Waals surface area contributed by atoms with Crippen LogP contribution in [0.3, 0.4) is 0 Å². The Morgan fingerprint density at radius 3 is 2.38 bits per heavy atom. The first-order valence-corrected chi connectivity index (χ1v) is 9.21. The van der Waals surface area contributed by atoms with Crippen molar-refractivity contribution < 1.29 is 14.7 Å². The lowest BCUT2D eigenvalue weighted by Crippen LogP contribution is -2.42. The van der Waals surface area contributed by atoms with Crippen LogP contribution in [0.1, 0.15) is 54.4 Å². The molecule has 2 aliphatic heterocycles. The molecule has 5 rings (SSSR count). The van der Waals surface area contributed by atoms with E-state index in [0.717, 1.165) is 23.9 Å². The molecule has 4 bridgehead atoms. The smallest absolute Gasteiger partial charge is 0.335 e. The van der Waals surface area contributed by atoms with Gasteiger partial charge in [0.2, 0.25) is 5.91 Å². The highest BCUT2D eigenvalue weighted by molar-refractivity contribution is 5.89. The van der Waals surface area contributed by atoms with Gasteiger partial charge < -0.3 is 10.0 Å².